The molecule has 4 nitrogen and oxygen atoms in total. The number of rotatable bonds is 2. The Kier molecular flexibility index (Phi) is 1.93. The zero-order valence-electron chi connectivity index (χ0n) is 5.21. The molecule has 0 rings (SSSR count). The molecule has 0 spiro atoms. The first-order chi connectivity index (χ1) is 3.89. The maximum absolute atomic E-state index is 10.3. The summed E-state index contributed by atoms with van der Waals surface area (Å²) in [5.41, 5.74) is -2.22. The van der Waals surface area contributed by atoms with Gasteiger partial charge in [-0.2, -0.15) is 0 Å². The molecule has 4 heteroatoms. The van der Waals surface area contributed by atoms with Crippen LogP contribution in [0.1, 0.15) is 13.8 Å². The third-order valence-electron chi connectivity index (χ3n) is 1.10. The van der Waals surface area contributed by atoms with Gasteiger partial charge in [0.15, 0.2) is 5.78 Å². The normalized spacial score (nSPS) is 16.3. The van der Waals surface area contributed by atoms with Crippen LogP contribution in [0.4, 0.5) is 0 Å². The van der Waals surface area contributed by atoms with Crippen molar-refractivity contribution in [1.29, 1.82) is 0 Å². The van der Waals surface area contributed by atoms with Crippen LogP contribution in [0.25, 0.3) is 0 Å². The summed E-state index contributed by atoms with van der Waals surface area (Å²) in [6.07, 6.45) is 0. The second kappa shape index (κ2) is 2.14. The van der Waals surface area contributed by atoms with E-state index in [0.717, 1.165) is 13.8 Å². The number of hydrogen-bond donors (Lipinski definition) is 2. The lowest BCUT2D eigenvalue weighted by Gasteiger charge is -2.11. The molecule has 52 valence electrons. The van der Waals surface area contributed by atoms with E-state index in [0.29, 0.717) is 0 Å². The van der Waals surface area contributed by atoms with E-state index >= 15 is 0 Å². The van der Waals surface area contributed by atoms with Crippen molar-refractivity contribution in [2.24, 2.45) is 0 Å². The maximum atomic E-state index is 10.3. The summed E-state index contributed by atoms with van der Waals surface area (Å²) in [7, 11) is 0. The number of carbonyl (C=O) groups excluding carboxylic acids is 1. The minimum atomic E-state index is -2.22. The van der Waals surface area contributed by atoms with Crippen molar-refractivity contribution in [3.05, 3.63) is 0 Å². The molecule has 9 heavy (non-hydrogen) atoms. The fourth-order valence-electron chi connectivity index (χ4n) is 0.151. The summed E-state index contributed by atoms with van der Waals surface area (Å²) in [5.74, 6) is -2.29. The van der Waals surface area contributed by atoms with Gasteiger partial charge < -0.3 is 10.2 Å². The van der Waals surface area contributed by atoms with Gasteiger partial charge in [0.25, 0.3) is 0 Å². The Morgan fingerprint density at radius 3 is 1.78 bits per heavy atom. The average molecular weight is 135 g/mol. The van der Waals surface area contributed by atoms with E-state index in [1.165, 1.54) is 0 Å². The predicted molar refractivity (Wildman–Crippen MR) is 28.9 cm³/mol. The van der Waals surface area contributed by atoms with Gasteiger partial charge in [-0.05, 0) is 13.8 Å². The van der Waals surface area contributed by atoms with E-state index < -0.39 is 17.4 Å². The molecule has 0 bridgehead atoms. The number of carbonyl (C=O) groups is 2. The summed E-state index contributed by atoms with van der Waals surface area (Å²) in [4.78, 5) is 20.3. The molecule has 0 saturated carbocycles. The van der Waals surface area contributed by atoms with Crippen LogP contribution < -0.4 is 0 Å². The number of aliphatic hydroxyl groups is 1. The first-order valence-corrected chi connectivity index (χ1v) is 2.36. The molecule has 2 N–H and O–H groups in total. The maximum Gasteiger partial charge on any atom is 0.343 e. The summed E-state index contributed by atoms with van der Waals surface area (Å²) in [5, 5.41) is 16.9. The topological polar surface area (TPSA) is 74.6 Å². The summed E-state index contributed by atoms with van der Waals surface area (Å²) < 4.78 is 0. The number of aliphatic carboxylic acids is 1. The van der Waals surface area contributed by atoms with Gasteiger partial charge in [-0.25, -0.2) is 4.79 Å². The van der Waals surface area contributed by atoms with E-state index in [4.69, 9.17) is 10.2 Å². The van der Waals surface area contributed by atoms with Crippen molar-refractivity contribution in [3.8, 4) is 0 Å². The lowest BCUT2D eigenvalue weighted by Crippen LogP contribution is -2.41. The number of Topliss-reactive ketones (excluding diaryl/α,β-unsaturated/α-hetero) is 1. The molecule has 0 aliphatic heterocycles. The highest BCUT2D eigenvalue weighted by atomic mass is 16.4. The quantitative estimate of drug-likeness (QED) is 0.392. The highest BCUT2D eigenvalue weighted by Gasteiger charge is 2.35. The molecule has 0 heterocycles. The van der Waals surface area contributed by atoms with E-state index in [9.17, 15) is 9.59 Å². The Morgan fingerprint density at radius 2 is 1.78 bits per heavy atom. The minimum absolute atomic E-state index is 0.769. The Hall–Kier alpha value is -0.900. The molecule has 0 radical (unpaired) electrons. The molecule has 0 aliphatic carbocycles. The van der Waals surface area contributed by atoms with Crippen LogP contribution in [0.15, 0.2) is 0 Å². The Morgan fingerprint density at radius 1 is 1.44 bits per heavy atom. The minimum Gasteiger partial charge on any atom is -0.479 e. The predicted octanol–water partition coefficient (Wildman–Crippen LogP) is -0.589. The van der Waals surface area contributed by atoms with E-state index in [-0.39, 0.29) is 0 Å². The highest BCUT2D eigenvalue weighted by Crippen LogP contribution is 2.03. The zero-order chi connectivity index (χ0) is 7.65. The Bertz CT molecular complexity index is 131. The Balaban J connectivity index is 4.38. The number of ketones is 1. The lowest BCUT2D eigenvalue weighted by molar-refractivity contribution is -0.162. The largest absolute Gasteiger partial charge is 0.479 e. The fourth-order valence-corrected chi connectivity index (χ4v) is 0.151. The van der Waals surface area contributed by atoms with Crippen molar-refractivity contribution in [2.75, 3.05) is 0 Å². The molecule has 1 atom stereocenters. The average Bonchev–Trinajstić information content (AvgIpc) is 1.65. The lowest BCUT2D eigenvalue weighted by atomic mass is 10.3. The highest BCUT2D eigenvalue weighted by molar-refractivity contribution is 6.04. The molecule has 0 aromatic carbocycles. The Labute approximate surface area is 52.1 Å². The third-order valence-corrected chi connectivity index (χ3v) is 1.10. The van der Waals surface area contributed by atoms with Crippen LogP contribution in [-0.4, -0.2) is 27.6 Å². The molecule has 0 amide bonds. The van der Waals surface area contributed by atoms with Crippen molar-refractivity contribution in [3.63, 3.8) is 0 Å². The summed E-state index contributed by atoms with van der Waals surface area (Å²) >= 11 is 0. The van der Waals surface area contributed by atoms with Gasteiger partial charge in [0.1, 0.15) is 0 Å². The van der Waals surface area contributed by atoms with Gasteiger partial charge in [0.05, 0.1) is 0 Å². The van der Waals surface area contributed by atoms with Crippen molar-refractivity contribution in [1.82, 2.24) is 0 Å². The van der Waals surface area contributed by atoms with Gasteiger partial charge >= 0.3 is 5.97 Å². The van der Waals surface area contributed by atoms with Crippen LogP contribution in [-0.2, 0) is 9.59 Å². The van der Waals surface area contributed by atoms with Gasteiger partial charge in [-0.1, -0.05) is 0 Å². The van der Waals surface area contributed by atoms with Gasteiger partial charge in [-0.15, -0.1) is 0 Å². The SMILES string of the molecule is [13CH3][13C](=O)C([13CH3])(O)C(=O)O. The number of carboxylic acid groups (broad SMARTS) is 1. The van der Waals surface area contributed by atoms with Crippen LogP contribution in [0.2, 0.25) is 0 Å². The van der Waals surface area contributed by atoms with Crippen LogP contribution in [0, 0.1) is 0 Å². The second-order valence-corrected chi connectivity index (χ2v) is 1.93. The molecule has 1 unspecified atom stereocenters. The third kappa shape index (κ3) is 1.50. The molecule has 0 saturated heterocycles. The summed E-state index contributed by atoms with van der Waals surface area (Å²) in [6, 6.07) is 0. The van der Waals surface area contributed by atoms with E-state index in [2.05, 4.69) is 0 Å². The van der Waals surface area contributed by atoms with E-state index in [1.54, 1.807) is 0 Å². The first-order valence-electron chi connectivity index (χ1n) is 2.36. The van der Waals surface area contributed by atoms with Crippen LogP contribution in [0.5, 0.6) is 0 Å². The molecule has 0 aliphatic rings. The standard InChI is InChI=1S/C5H8O4/c1-3(6)5(2,9)4(7)8/h9H,1-2H3,(H,7,8)/i1+1,2+1,3+1. The molecular weight excluding hydrogens is 127 g/mol. The van der Waals surface area contributed by atoms with E-state index in [1.807, 2.05) is 0 Å². The van der Waals surface area contributed by atoms with Gasteiger partial charge in [0.2, 0.25) is 5.60 Å². The van der Waals surface area contributed by atoms with Crippen molar-refractivity contribution >= 4 is 11.8 Å². The molecular formula is C5H8O4. The fraction of sp³-hybridized carbons (Fsp3) is 0.600. The summed E-state index contributed by atoms with van der Waals surface area (Å²) in [6.45, 7) is 1.96. The second-order valence-electron chi connectivity index (χ2n) is 1.93. The molecule has 0 fully saturated rings. The van der Waals surface area contributed by atoms with Crippen LogP contribution >= 0.6 is 0 Å². The molecule has 0 aromatic heterocycles. The van der Waals surface area contributed by atoms with Gasteiger partial charge in [0, 0.05) is 0 Å². The van der Waals surface area contributed by atoms with Crippen LogP contribution in [0.3, 0.4) is 0 Å². The number of hydrogen-bond acceptors (Lipinski definition) is 3. The monoisotopic (exact) mass is 135 g/mol. The van der Waals surface area contributed by atoms with Crippen molar-refractivity contribution < 1.29 is 19.8 Å². The molecule has 0 aromatic rings. The van der Waals surface area contributed by atoms with Crippen molar-refractivity contribution in [2.45, 2.75) is 19.4 Å². The smallest absolute Gasteiger partial charge is 0.343 e. The number of carboxylic acids is 1. The van der Waals surface area contributed by atoms with Gasteiger partial charge in [-0.3, -0.25) is 4.79 Å². The first kappa shape index (κ1) is 8.10. The zero-order valence-corrected chi connectivity index (χ0v) is 5.21.